The highest BCUT2D eigenvalue weighted by molar-refractivity contribution is 5.92. The summed E-state index contributed by atoms with van der Waals surface area (Å²) in [6.07, 6.45) is 0. The Kier molecular flexibility index (Phi) is 8.33. The van der Waals surface area contributed by atoms with E-state index in [1.165, 1.54) is 12.1 Å². The first-order valence-corrected chi connectivity index (χ1v) is 12.1. The van der Waals surface area contributed by atoms with Crippen LogP contribution in [0, 0.1) is 5.82 Å². The van der Waals surface area contributed by atoms with Gasteiger partial charge in [-0.05, 0) is 49.2 Å². The zero-order valence-corrected chi connectivity index (χ0v) is 20.6. The van der Waals surface area contributed by atoms with Gasteiger partial charge in [-0.25, -0.2) is 9.18 Å². The lowest BCUT2D eigenvalue weighted by Crippen LogP contribution is -2.58. The van der Waals surface area contributed by atoms with E-state index in [0.29, 0.717) is 25.4 Å². The molecule has 2 atom stereocenters. The number of hydrogen-bond acceptors (Lipinski definition) is 5. The van der Waals surface area contributed by atoms with Crippen LogP contribution in [-0.2, 0) is 22.7 Å². The van der Waals surface area contributed by atoms with E-state index in [4.69, 9.17) is 9.47 Å². The molecule has 0 saturated carbocycles. The van der Waals surface area contributed by atoms with Gasteiger partial charge < -0.3 is 14.4 Å². The summed E-state index contributed by atoms with van der Waals surface area (Å²) in [5.41, 5.74) is 2.21. The Morgan fingerprint density at radius 3 is 2.31 bits per heavy atom. The molecule has 3 aromatic carbocycles. The van der Waals surface area contributed by atoms with Gasteiger partial charge in [0.05, 0.1) is 0 Å². The topological polar surface area (TPSA) is 59.1 Å². The summed E-state index contributed by atoms with van der Waals surface area (Å²) in [7, 11) is 0. The number of carbonyl (C=O) groups is 2. The van der Waals surface area contributed by atoms with E-state index in [2.05, 4.69) is 11.8 Å². The van der Waals surface area contributed by atoms with E-state index in [1.807, 2.05) is 42.2 Å². The molecule has 0 unspecified atom stereocenters. The zero-order chi connectivity index (χ0) is 25.5. The van der Waals surface area contributed by atoms with Crippen molar-refractivity contribution in [1.82, 2.24) is 9.80 Å². The van der Waals surface area contributed by atoms with Gasteiger partial charge in [0.2, 0.25) is 0 Å². The van der Waals surface area contributed by atoms with Crippen molar-refractivity contribution in [3.8, 4) is 5.75 Å². The first kappa shape index (κ1) is 25.4. The van der Waals surface area contributed by atoms with E-state index in [-0.39, 0.29) is 42.6 Å². The Balaban J connectivity index is 1.32. The summed E-state index contributed by atoms with van der Waals surface area (Å²) in [6, 6.07) is 22.9. The normalized spacial score (nSPS) is 18.0. The Morgan fingerprint density at radius 2 is 1.56 bits per heavy atom. The number of benzene rings is 3. The number of ether oxygens (including phenoxy) is 2. The molecule has 0 N–H and O–H groups in total. The van der Waals surface area contributed by atoms with Crippen LogP contribution in [0.2, 0.25) is 0 Å². The predicted octanol–water partition coefficient (Wildman–Crippen LogP) is 4.68. The molecule has 0 aliphatic carbocycles. The van der Waals surface area contributed by atoms with Gasteiger partial charge in [-0.3, -0.25) is 9.69 Å². The van der Waals surface area contributed by atoms with Crippen molar-refractivity contribution >= 4 is 11.9 Å². The van der Waals surface area contributed by atoms with Gasteiger partial charge in [-0.2, -0.15) is 0 Å². The molecule has 0 spiro atoms. The molecule has 1 aliphatic heterocycles. The van der Waals surface area contributed by atoms with Gasteiger partial charge in [0.1, 0.15) is 23.7 Å². The maximum atomic E-state index is 13.2. The number of nitrogens with zero attached hydrogens (tertiary/aromatic N) is 2. The molecule has 3 aromatic rings. The van der Waals surface area contributed by atoms with Crippen molar-refractivity contribution in [2.24, 2.45) is 0 Å². The molecular weight excluding hydrogens is 459 g/mol. The molecule has 6 nitrogen and oxygen atoms in total. The Morgan fingerprint density at radius 1 is 0.861 bits per heavy atom. The second kappa shape index (κ2) is 11.8. The Labute approximate surface area is 211 Å². The molecule has 1 saturated heterocycles. The Hall–Kier alpha value is -3.71. The van der Waals surface area contributed by atoms with Crippen LogP contribution in [0.4, 0.5) is 4.39 Å². The molecule has 0 radical (unpaired) electrons. The van der Waals surface area contributed by atoms with Gasteiger partial charge in [0.15, 0.2) is 6.61 Å². The first-order chi connectivity index (χ1) is 17.4. The molecule has 1 aliphatic rings. The van der Waals surface area contributed by atoms with Crippen LogP contribution in [0.1, 0.15) is 35.3 Å². The third kappa shape index (κ3) is 6.49. The average Bonchev–Trinajstić information content (AvgIpc) is 2.90. The van der Waals surface area contributed by atoms with E-state index >= 15 is 0 Å². The smallest absolute Gasteiger partial charge is 0.342 e. The second-order valence-corrected chi connectivity index (χ2v) is 9.15. The van der Waals surface area contributed by atoms with Gasteiger partial charge in [0.25, 0.3) is 5.91 Å². The molecule has 36 heavy (non-hydrogen) atoms. The van der Waals surface area contributed by atoms with Gasteiger partial charge in [0, 0.05) is 31.7 Å². The van der Waals surface area contributed by atoms with E-state index < -0.39 is 5.97 Å². The standard InChI is InChI=1S/C29H31FN2O4/c1-21-17-32(22(2)16-31(21)18-23-12-14-25(30)15-13-23)28(33)20-35-27-11-7-6-10-26(27)29(34)36-19-24-8-4-3-5-9-24/h3-15,21-22H,16-20H2,1-2H3/t21-,22+/m1/s1. The second-order valence-electron chi connectivity index (χ2n) is 9.15. The van der Waals surface area contributed by atoms with Crippen molar-refractivity contribution in [1.29, 1.82) is 0 Å². The molecule has 4 rings (SSSR count). The molecular formula is C29H31FN2O4. The van der Waals surface area contributed by atoms with Crippen LogP contribution in [0.25, 0.3) is 0 Å². The molecule has 0 aromatic heterocycles. The number of hydrogen-bond donors (Lipinski definition) is 0. The predicted molar refractivity (Wildman–Crippen MR) is 135 cm³/mol. The number of esters is 1. The van der Waals surface area contributed by atoms with Crippen molar-refractivity contribution < 1.29 is 23.5 Å². The van der Waals surface area contributed by atoms with Crippen molar-refractivity contribution in [3.05, 3.63) is 101 Å². The number of carbonyl (C=O) groups excluding carboxylic acids is 2. The lowest BCUT2D eigenvalue weighted by Gasteiger charge is -2.44. The summed E-state index contributed by atoms with van der Waals surface area (Å²) in [4.78, 5) is 29.8. The average molecular weight is 491 g/mol. The zero-order valence-electron chi connectivity index (χ0n) is 20.6. The SMILES string of the molecule is C[C@@H]1CN(C(=O)COc2ccccc2C(=O)OCc2ccccc2)[C@@H](C)CN1Cc1ccc(F)cc1. The van der Waals surface area contributed by atoms with Crippen LogP contribution in [0.15, 0.2) is 78.9 Å². The Bertz CT molecular complexity index is 1170. The largest absolute Gasteiger partial charge is 0.483 e. The van der Waals surface area contributed by atoms with Crippen molar-refractivity contribution in [2.45, 2.75) is 39.1 Å². The maximum Gasteiger partial charge on any atom is 0.342 e. The number of rotatable bonds is 8. The molecule has 1 fully saturated rings. The number of halogens is 1. The molecule has 0 bridgehead atoms. The van der Waals surface area contributed by atoms with E-state index in [9.17, 15) is 14.0 Å². The lowest BCUT2D eigenvalue weighted by molar-refractivity contribution is -0.139. The van der Waals surface area contributed by atoms with Crippen molar-refractivity contribution in [3.63, 3.8) is 0 Å². The lowest BCUT2D eigenvalue weighted by atomic mass is 10.1. The van der Waals surface area contributed by atoms with Crippen LogP contribution in [0.3, 0.4) is 0 Å². The third-order valence-corrected chi connectivity index (χ3v) is 6.41. The highest BCUT2D eigenvalue weighted by Crippen LogP contribution is 2.22. The minimum atomic E-state index is -0.502. The fourth-order valence-electron chi connectivity index (χ4n) is 4.37. The van der Waals surface area contributed by atoms with Crippen molar-refractivity contribution in [2.75, 3.05) is 19.7 Å². The number of piperazine rings is 1. The fraction of sp³-hybridized carbons (Fsp3) is 0.310. The summed E-state index contributed by atoms with van der Waals surface area (Å²) in [5.74, 6) is -0.567. The van der Waals surface area contributed by atoms with Crippen LogP contribution < -0.4 is 4.74 Å². The fourth-order valence-corrected chi connectivity index (χ4v) is 4.37. The summed E-state index contributed by atoms with van der Waals surface area (Å²) in [5, 5.41) is 0. The maximum absolute atomic E-state index is 13.2. The minimum absolute atomic E-state index is 0.0103. The summed E-state index contributed by atoms with van der Waals surface area (Å²) in [6.45, 7) is 6.04. The third-order valence-electron chi connectivity index (χ3n) is 6.41. The quantitative estimate of drug-likeness (QED) is 0.429. The molecule has 7 heteroatoms. The summed E-state index contributed by atoms with van der Waals surface area (Å²) < 4.78 is 24.5. The van der Waals surface area contributed by atoms with Crippen LogP contribution in [0.5, 0.6) is 5.75 Å². The monoisotopic (exact) mass is 490 g/mol. The van der Waals surface area contributed by atoms with Gasteiger partial charge >= 0.3 is 5.97 Å². The highest BCUT2D eigenvalue weighted by Gasteiger charge is 2.32. The number of amides is 1. The van der Waals surface area contributed by atoms with Gasteiger partial charge in [-0.15, -0.1) is 0 Å². The first-order valence-electron chi connectivity index (χ1n) is 12.1. The van der Waals surface area contributed by atoms with E-state index in [1.54, 1.807) is 36.4 Å². The van der Waals surface area contributed by atoms with Crippen LogP contribution >= 0.6 is 0 Å². The summed E-state index contributed by atoms with van der Waals surface area (Å²) >= 11 is 0. The van der Waals surface area contributed by atoms with Crippen LogP contribution in [-0.4, -0.2) is 53.5 Å². The molecule has 188 valence electrons. The highest BCUT2D eigenvalue weighted by atomic mass is 19.1. The molecule has 1 amide bonds. The van der Waals surface area contributed by atoms with Gasteiger partial charge in [-0.1, -0.05) is 54.6 Å². The molecule has 1 heterocycles. The van der Waals surface area contributed by atoms with E-state index in [0.717, 1.165) is 11.1 Å². The number of para-hydroxylation sites is 1. The minimum Gasteiger partial charge on any atom is -0.483 e.